The second-order valence-corrected chi connectivity index (χ2v) is 13.4. The SMILES string of the molecule is CC1(C)c2ccccc2-c2cc3c4c5c(ccc4n(-c4ccccc4)c3cc21)N(c1ccccc1)c1ccccc1C5(C)C. The predicted octanol–water partition coefficient (Wildman–Crippen LogP) is 11.2. The molecule has 1 aromatic heterocycles. The molecule has 0 bridgehead atoms. The second-order valence-electron chi connectivity index (χ2n) is 13.4. The van der Waals surface area contributed by atoms with Crippen LogP contribution in [0, 0.1) is 0 Å². The maximum Gasteiger partial charge on any atom is 0.0545 e. The summed E-state index contributed by atoms with van der Waals surface area (Å²) in [4.78, 5) is 2.47. The number of rotatable bonds is 2. The topological polar surface area (TPSA) is 8.17 Å². The molecule has 0 fully saturated rings. The van der Waals surface area contributed by atoms with Crippen molar-refractivity contribution in [2.45, 2.75) is 38.5 Å². The van der Waals surface area contributed by atoms with E-state index < -0.39 is 0 Å². The maximum atomic E-state index is 2.50. The van der Waals surface area contributed by atoms with Gasteiger partial charge in [0.05, 0.1) is 22.4 Å². The largest absolute Gasteiger partial charge is 0.310 e. The second kappa shape index (κ2) is 8.74. The van der Waals surface area contributed by atoms with Gasteiger partial charge in [-0.15, -0.1) is 0 Å². The number of benzene rings is 6. The third kappa shape index (κ3) is 3.20. The fourth-order valence-corrected chi connectivity index (χ4v) is 8.28. The van der Waals surface area contributed by atoms with Crippen LogP contribution in [0.4, 0.5) is 17.1 Å². The zero-order chi connectivity index (χ0) is 29.8. The number of aromatic nitrogens is 1. The minimum Gasteiger partial charge on any atom is -0.310 e. The number of fused-ring (bicyclic) bond motifs is 9. The van der Waals surface area contributed by atoms with Gasteiger partial charge in [-0.05, 0) is 88.0 Å². The van der Waals surface area contributed by atoms with Crippen molar-refractivity contribution in [2.75, 3.05) is 4.90 Å². The van der Waals surface area contributed by atoms with E-state index in [0.29, 0.717) is 0 Å². The summed E-state index contributed by atoms with van der Waals surface area (Å²) in [5.74, 6) is 0. The molecule has 0 saturated carbocycles. The van der Waals surface area contributed by atoms with E-state index in [1.807, 2.05) is 0 Å². The van der Waals surface area contributed by atoms with Crippen LogP contribution < -0.4 is 4.90 Å². The highest BCUT2D eigenvalue weighted by atomic mass is 15.2. The Bertz CT molecular complexity index is 2270. The van der Waals surface area contributed by atoms with Gasteiger partial charge in [0.2, 0.25) is 0 Å². The van der Waals surface area contributed by atoms with E-state index in [9.17, 15) is 0 Å². The van der Waals surface area contributed by atoms with Gasteiger partial charge in [-0.3, -0.25) is 0 Å². The molecule has 2 heterocycles. The average molecular weight is 567 g/mol. The molecular weight excluding hydrogens is 532 g/mol. The van der Waals surface area contributed by atoms with Gasteiger partial charge in [0.25, 0.3) is 0 Å². The minimum atomic E-state index is -0.220. The smallest absolute Gasteiger partial charge is 0.0545 e. The van der Waals surface area contributed by atoms with Crippen LogP contribution in [-0.2, 0) is 10.8 Å². The fraction of sp³-hybridized carbons (Fsp3) is 0.143. The third-order valence-corrected chi connectivity index (χ3v) is 10.3. The Hall–Kier alpha value is -5.08. The van der Waals surface area contributed by atoms with Crippen molar-refractivity contribution in [3.63, 3.8) is 0 Å². The lowest BCUT2D eigenvalue weighted by atomic mass is 9.72. The molecule has 0 radical (unpaired) electrons. The van der Waals surface area contributed by atoms with Gasteiger partial charge >= 0.3 is 0 Å². The van der Waals surface area contributed by atoms with E-state index in [1.165, 1.54) is 77.9 Å². The minimum absolute atomic E-state index is 0.0696. The Morgan fingerprint density at radius 1 is 0.455 bits per heavy atom. The summed E-state index contributed by atoms with van der Waals surface area (Å²) in [5.41, 5.74) is 15.3. The zero-order valence-electron chi connectivity index (χ0n) is 25.6. The summed E-state index contributed by atoms with van der Waals surface area (Å²) in [5, 5.41) is 2.65. The Balaban J connectivity index is 1.47. The highest BCUT2D eigenvalue weighted by Crippen LogP contribution is 2.57. The molecule has 2 aliphatic rings. The Labute approximate surface area is 258 Å². The van der Waals surface area contributed by atoms with E-state index in [-0.39, 0.29) is 10.8 Å². The molecular formula is C42H34N2. The standard InChI is InChI=1S/C42H34N2/c1-41(2)32-20-12-11-19-29(32)30-25-31-38(26-34(30)41)44(28-17-9-6-10-18-28)36-23-24-37-40(39(31)36)42(3,4)33-21-13-14-22-35(33)43(37)27-15-7-5-8-16-27/h5-26H,1-4H3. The molecule has 0 saturated heterocycles. The highest BCUT2D eigenvalue weighted by molar-refractivity contribution is 6.16. The van der Waals surface area contributed by atoms with Crippen molar-refractivity contribution in [2.24, 2.45) is 0 Å². The molecule has 0 N–H and O–H groups in total. The average Bonchev–Trinajstić information content (AvgIpc) is 3.49. The van der Waals surface area contributed by atoms with Crippen molar-refractivity contribution in [1.82, 2.24) is 4.57 Å². The molecule has 1 aliphatic heterocycles. The first-order chi connectivity index (χ1) is 21.4. The zero-order valence-corrected chi connectivity index (χ0v) is 25.6. The molecule has 0 amide bonds. The molecule has 0 atom stereocenters. The number of hydrogen-bond acceptors (Lipinski definition) is 1. The van der Waals surface area contributed by atoms with Crippen LogP contribution >= 0.6 is 0 Å². The number of anilines is 3. The summed E-state index contributed by atoms with van der Waals surface area (Å²) < 4.78 is 2.49. The maximum absolute atomic E-state index is 2.50. The molecule has 1 aliphatic carbocycles. The van der Waals surface area contributed by atoms with Gasteiger partial charge in [-0.2, -0.15) is 0 Å². The number of nitrogens with zero attached hydrogens (tertiary/aromatic N) is 2. The molecule has 2 heteroatoms. The van der Waals surface area contributed by atoms with Crippen LogP contribution in [0.25, 0.3) is 38.6 Å². The van der Waals surface area contributed by atoms with Crippen LogP contribution in [-0.4, -0.2) is 4.57 Å². The summed E-state index contributed by atoms with van der Waals surface area (Å²) in [6.07, 6.45) is 0. The Morgan fingerprint density at radius 2 is 1.09 bits per heavy atom. The number of para-hydroxylation sites is 3. The predicted molar refractivity (Wildman–Crippen MR) is 185 cm³/mol. The molecule has 7 aromatic rings. The van der Waals surface area contributed by atoms with Gasteiger partial charge in [0.15, 0.2) is 0 Å². The molecule has 2 nitrogen and oxygen atoms in total. The van der Waals surface area contributed by atoms with Crippen molar-refractivity contribution in [3.05, 3.63) is 156 Å². The van der Waals surface area contributed by atoms with Crippen LogP contribution in [0.3, 0.4) is 0 Å². The lowest BCUT2D eigenvalue weighted by Crippen LogP contribution is -2.30. The van der Waals surface area contributed by atoms with Crippen LogP contribution in [0.2, 0.25) is 0 Å². The molecule has 44 heavy (non-hydrogen) atoms. The van der Waals surface area contributed by atoms with E-state index in [4.69, 9.17) is 0 Å². The van der Waals surface area contributed by atoms with Crippen LogP contribution in [0.15, 0.2) is 133 Å². The van der Waals surface area contributed by atoms with Crippen molar-refractivity contribution in [3.8, 4) is 16.8 Å². The number of hydrogen-bond donors (Lipinski definition) is 0. The molecule has 6 aromatic carbocycles. The van der Waals surface area contributed by atoms with Gasteiger partial charge in [0, 0.05) is 33.0 Å². The van der Waals surface area contributed by atoms with E-state index in [1.54, 1.807) is 0 Å². The fourth-order valence-electron chi connectivity index (χ4n) is 8.28. The van der Waals surface area contributed by atoms with Gasteiger partial charge in [-0.1, -0.05) is 107 Å². The van der Waals surface area contributed by atoms with Crippen molar-refractivity contribution < 1.29 is 0 Å². The van der Waals surface area contributed by atoms with E-state index >= 15 is 0 Å². The Kier molecular flexibility index (Phi) is 5.05. The first kappa shape index (κ1) is 25.4. The lowest BCUT2D eigenvalue weighted by molar-refractivity contribution is 0.638. The lowest BCUT2D eigenvalue weighted by Gasteiger charge is -2.42. The van der Waals surface area contributed by atoms with Gasteiger partial charge < -0.3 is 9.47 Å². The Morgan fingerprint density at radius 3 is 1.84 bits per heavy atom. The summed E-state index contributed by atoms with van der Waals surface area (Å²) in [7, 11) is 0. The summed E-state index contributed by atoms with van der Waals surface area (Å²) in [6.45, 7) is 9.56. The van der Waals surface area contributed by atoms with E-state index in [0.717, 1.165) is 0 Å². The third-order valence-electron chi connectivity index (χ3n) is 10.3. The monoisotopic (exact) mass is 566 g/mol. The summed E-state index contributed by atoms with van der Waals surface area (Å²) >= 11 is 0. The van der Waals surface area contributed by atoms with Crippen LogP contribution in [0.1, 0.15) is 49.9 Å². The highest BCUT2D eigenvalue weighted by Gasteiger charge is 2.41. The molecule has 212 valence electrons. The van der Waals surface area contributed by atoms with Gasteiger partial charge in [-0.25, -0.2) is 0 Å². The molecule has 0 unspecified atom stereocenters. The quantitative estimate of drug-likeness (QED) is 0.202. The van der Waals surface area contributed by atoms with Crippen LogP contribution in [0.5, 0.6) is 0 Å². The van der Waals surface area contributed by atoms with Crippen molar-refractivity contribution in [1.29, 1.82) is 0 Å². The van der Waals surface area contributed by atoms with Crippen molar-refractivity contribution >= 4 is 38.9 Å². The molecule has 0 spiro atoms. The molecule has 9 rings (SSSR count). The first-order valence-corrected chi connectivity index (χ1v) is 15.6. The van der Waals surface area contributed by atoms with Gasteiger partial charge in [0.1, 0.15) is 0 Å². The summed E-state index contributed by atoms with van der Waals surface area (Å²) in [6, 6.07) is 49.3. The normalized spacial score (nSPS) is 15.6. The van der Waals surface area contributed by atoms with E-state index in [2.05, 4.69) is 171 Å². The first-order valence-electron chi connectivity index (χ1n) is 15.6.